The summed E-state index contributed by atoms with van der Waals surface area (Å²) in [6, 6.07) is 17.0. The zero-order chi connectivity index (χ0) is 47.8. The number of esters is 2. The number of aromatic amines is 1. The Balaban J connectivity index is 1.48. The van der Waals surface area contributed by atoms with Crippen LogP contribution in [0.1, 0.15) is 75.9 Å². The molecule has 5 rings (SSSR count). The highest BCUT2D eigenvalue weighted by Gasteiger charge is 2.33. The number of aromatic nitrogens is 1. The predicted molar refractivity (Wildman–Crippen MR) is 254 cm³/mol. The first-order chi connectivity index (χ1) is 30.6. The molecule has 65 heavy (non-hydrogen) atoms. The minimum absolute atomic E-state index is 0.0140. The molecule has 346 valence electrons. The van der Waals surface area contributed by atoms with Gasteiger partial charge in [-0.1, -0.05) is 65.7 Å². The molecule has 0 aliphatic heterocycles. The zero-order valence-corrected chi connectivity index (χ0v) is 40.9. The smallest absolute Gasteiger partial charge is 0.408 e. The van der Waals surface area contributed by atoms with Gasteiger partial charge in [0.1, 0.15) is 35.6 Å². The quantitative estimate of drug-likeness (QED) is 0.0444. The summed E-state index contributed by atoms with van der Waals surface area (Å²) in [5.41, 5.74) is 2.17. The lowest BCUT2D eigenvalue weighted by molar-refractivity contribution is -0.157. The SMILES string of the molecule is COC(=O)[C@H](NC(=O)[C@@H](NC(=O)OC(C)(C)C)c1cc(Cl)c(OC)c(Cl)c1)c1cc(I)c(OC)c(-c2ccc3c(C[C@@H](NC(=O)OCc4ccccc4)C(=O)OC(C)(C)C)c[nH]c3c2)c1. The van der Waals surface area contributed by atoms with Crippen LogP contribution in [0.5, 0.6) is 11.5 Å². The number of H-pyrrole nitrogens is 1. The lowest BCUT2D eigenvalue weighted by atomic mass is 9.96. The molecule has 5 aromatic rings. The van der Waals surface area contributed by atoms with Crippen molar-refractivity contribution in [2.45, 2.75) is 83.9 Å². The molecule has 1 heterocycles. The van der Waals surface area contributed by atoms with Crippen molar-refractivity contribution < 1.29 is 52.4 Å². The molecule has 0 spiro atoms. The molecule has 0 aliphatic carbocycles. The van der Waals surface area contributed by atoms with Crippen LogP contribution in [0.4, 0.5) is 9.59 Å². The van der Waals surface area contributed by atoms with Crippen molar-refractivity contribution in [2.24, 2.45) is 0 Å². The van der Waals surface area contributed by atoms with Gasteiger partial charge in [0.05, 0.1) is 34.9 Å². The number of halogens is 3. The van der Waals surface area contributed by atoms with E-state index in [1.807, 2.05) is 48.5 Å². The van der Waals surface area contributed by atoms with Crippen molar-refractivity contribution in [1.82, 2.24) is 20.9 Å². The van der Waals surface area contributed by atoms with Gasteiger partial charge in [0.25, 0.3) is 0 Å². The number of methoxy groups -OCH3 is 3. The summed E-state index contributed by atoms with van der Waals surface area (Å²) in [6.45, 7) is 10.2. The minimum atomic E-state index is -1.45. The van der Waals surface area contributed by atoms with E-state index in [4.69, 9.17) is 51.6 Å². The zero-order valence-electron chi connectivity index (χ0n) is 37.3. The van der Waals surface area contributed by atoms with Crippen LogP contribution < -0.4 is 25.4 Å². The second kappa shape index (κ2) is 21.5. The summed E-state index contributed by atoms with van der Waals surface area (Å²) in [4.78, 5) is 70.6. The van der Waals surface area contributed by atoms with E-state index in [1.165, 1.54) is 33.5 Å². The fraction of sp³-hybridized carbons (Fsp3) is 0.340. The summed E-state index contributed by atoms with van der Waals surface area (Å²) in [7, 11) is 4.08. The van der Waals surface area contributed by atoms with Crippen LogP contribution in [0.25, 0.3) is 22.0 Å². The number of hydrogen-bond donors (Lipinski definition) is 4. The van der Waals surface area contributed by atoms with Crippen LogP contribution in [0.15, 0.2) is 79.0 Å². The third-order valence-electron chi connectivity index (χ3n) is 9.51. The molecule has 1 aromatic heterocycles. The largest absolute Gasteiger partial charge is 0.495 e. The Morgan fingerprint density at radius 2 is 1.34 bits per heavy atom. The standard InChI is InChI=1S/C47H51Cl2IN4O11/c1-46(2,3)64-42(56)36(52-44(58)63-24-25-13-11-10-12-14-25)22-29-23-51-35-21-26(15-16-30(29)35)31-17-27(20-34(50)39(31)60-7)38(43(57)62-9)53-41(55)37(54-45(59)65-47(4,5)6)28-18-32(48)40(61-8)33(49)19-28/h10-21,23,36-38,51H,22,24H2,1-9H3,(H,52,58)(H,53,55)(H,54,59)/t36-,37+,38-/m1/s1. The van der Waals surface area contributed by atoms with E-state index in [1.54, 1.807) is 59.9 Å². The molecular formula is C47H51Cl2IN4O11. The number of benzene rings is 4. The van der Waals surface area contributed by atoms with Gasteiger partial charge in [-0.3, -0.25) is 4.79 Å². The summed E-state index contributed by atoms with van der Waals surface area (Å²) in [5, 5.41) is 8.89. The Hall–Kier alpha value is -5.72. The number of nitrogens with one attached hydrogen (secondary N) is 4. The molecular weight excluding hydrogens is 994 g/mol. The molecule has 0 saturated heterocycles. The molecule has 0 unspecified atom stereocenters. The molecule has 3 amide bonds. The molecule has 0 radical (unpaired) electrons. The van der Waals surface area contributed by atoms with Gasteiger partial charge in [-0.2, -0.15) is 0 Å². The first-order valence-corrected chi connectivity index (χ1v) is 22.0. The highest BCUT2D eigenvalue weighted by Crippen LogP contribution is 2.40. The summed E-state index contributed by atoms with van der Waals surface area (Å²) in [5.74, 6) is -1.63. The van der Waals surface area contributed by atoms with Crippen molar-refractivity contribution >= 4 is 86.7 Å². The van der Waals surface area contributed by atoms with E-state index in [2.05, 4.69) is 43.5 Å². The van der Waals surface area contributed by atoms with Gasteiger partial charge in [0.15, 0.2) is 11.8 Å². The van der Waals surface area contributed by atoms with Gasteiger partial charge in [-0.05, 0) is 122 Å². The molecule has 0 fully saturated rings. The number of rotatable bonds is 15. The van der Waals surface area contributed by atoms with Crippen molar-refractivity contribution in [3.63, 3.8) is 0 Å². The van der Waals surface area contributed by atoms with Crippen LogP contribution >= 0.6 is 45.8 Å². The normalized spacial score (nSPS) is 12.9. The van der Waals surface area contributed by atoms with E-state index in [0.29, 0.717) is 37.1 Å². The van der Waals surface area contributed by atoms with E-state index in [0.717, 1.165) is 10.9 Å². The Morgan fingerprint density at radius 1 is 0.708 bits per heavy atom. The Kier molecular flexibility index (Phi) is 16.6. The molecule has 3 atom stereocenters. The number of fused-ring (bicyclic) bond motifs is 1. The summed E-state index contributed by atoms with van der Waals surface area (Å²) < 4.78 is 33.4. The predicted octanol–water partition coefficient (Wildman–Crippen LogP) is 9.54. The van der Waals surface area contributed by atoms with Gasteiger partial charge >= 0.3 is 24.1 Å². The fourth-order valence-corrected chi connectivity index (χ4v) is 8.24. The lowest BCUT2D eigenvalue weighted by Crippen LogP contribution is -2.45. The summed E-state index contributed by atoms with van der Waals surface area (Å²) >= 11 is 15.0. The number of ether oxygens (including phenoxy) is 6. The van der Waals surface area contributed by atoms with Crippen LogP contribution in [-0.4, -0.2) is 73.6 Å². The number of carbonyl (C=O) groups excluding carboxylic acids is 5. The minimum Gasteiger partial charge on any atom is -0.495 e. The first kappa shape index (κ1) is 50.3. The van der Waals surface area contributed by atoms with Crippen LogP contribution in [0.3, 0.4) is 0 Å². The van der Waals surface area contributed by atoms with Crippen LogP contribution in [0, 0.1) is 3.57 Å². The molecule has 4 N–H and O–H groups in total. The maximum atomic E-state index is 14.3. The number of carbonyl (C=O) groups is 5. The number of amides is 3. The maximum Gasteiger partial charge on any atom is 0.408 e. The Bertz CT molecular complexity index is 2530. The van der Waals surface area contributed by atoms with Crippen LogP contribution in [-0.2, 0) is 46.4 Å². The van der Waals surface area contributed by atoms with Gasteiger partial charge in [0.2, 0.25) is 5.91 Å². The Labute approximate surface area is 400 Å². The van der Waals surface area contributed by atoms with Gasteiger partial charge < -0.3 is 49.4 Å². The van der Waals surface area contributed by atoms with E-state index in [9.17, 15) is 24.0 Å². The topological polar surface area (TPSA) is 193 Å². The molecule has 4 aromatic carbocycles. The summed E-state index contributed by atoms with van der Waals surface area (Å²) in [6.07, 6.45) is 0.120. The molecule has 18 heteroatoms. The molecule has 0 bridgehead atoms. The van der Waals surface area contributed by atoms with E-state index < -0.39 is 59.4 Å². The number of alkyl carbamates (subject to hydrolysis) is 2. The average molecular weight is 1050 g/mol. The van der Waals surface area contributed by atoms with Crippen molar-refractivity contribution in [1.29, 1.82) is 0 Å². The maximum absolute atomic E-state index is 14.3. The van der Waals surface area contributed by atoms with Crippen molar-refractivity contribution in [2.75, 3.05) is 21.3 Å². The number of hydrogen-bond acceptors (Lipinski definition) is 11. The third-order valence-corrected chi connectivity index (χ3v) is 10.9. The molecule has 15 nitrogen and oxygen atoms in total. The average Bonchev–Trinajstić information content (AvgIpc) is 3.63. The van der Waals surface area contributed by atoms with Crippen molar-refractivity contribution in [3.8, 4) is 22.6 Å². The van der Waals surface area contributed by atoms with E-state index >= 15 is 0 Å². The highest BCUT2D eigenvalue weighted by molar-refractivity contribution is 14.1. The van der Waals surface area contributed by atoms with E-state index in [-0.39, 0.29) is 34.4 Å². The lowest BCUT2D eigenvalue weighted by Gasteiger charge is -2.26. The second-order valence-corrected chi connectivity index (χ2v) is 18.7. The Morgan fingerprint density at radius 3 is 1.94 bits per heavy atom. The fourth-order valence-electron chi connectivity index (χ4n) is 6.71. The van der Waals surface area contributed by atoms with Gasteiger partial charge in [-0.15, -0.1) is 0 Å². The molecule has 0 aliphatic rings. The molecule has 0 saturated carbocycles. The van der Waals surface area contributed by atoms with Gasteiger partial charge in [0, 0.05) is 29.1 Å². The second-order valence-electron chi connectivity index (χ2n) is 16.7. The first-order valence-electron chi connectivity index (χ1n) is 20.2. The van der Waals surface area contributed by atoms with Crippen LogP contribution in [0.2, 0.25) is 10.0 Å². The monoisotopic (exact) mass is 1040 g/mol. The van der Waals surface area contributed by atoms with Gasteiger partial charge in [-0.25, -0.2) is 19.2 Å². The van der Waals surface area contributed by atoms with Crippen molar-refractivity contribution in [3.05, 3.63) is 115 Å². The highest BCUT2D eigenvalue weighted by atomic mass is 127. The third kappa shape index (κ3) is 13.4.